The molecule has 2 heterocycles. The SMILES string of the molecule is CC(C)(C)c1ccc(CN[C@H]2C[C@H]3C(=O)N[C@H](Cc4ccccc4)C(=O)N3C2)cc1. The Bertz CT molecular complexity index is 902. The predicted octanol–water partition coefficient (Wildman–Crippen LogP) is 2.78. The van der Waals surface area contributed by atoms with Crippen LogP contribution in [0.1, 0.15) is 43.9 Å². The molecule has 0 saturated carbocycles. The van der Waals surface area contributed by atoms with Crippen LogP contribution in [0.4, 0.5) is 0 Å². The van der Waals surface area contributed by atoms with Gasteiger partial charge in [-0.15, -0.1) is 0 Å². The summed E-state index contributed by atoms with van der Waals surface area (Å²) in [6.07, 6.45) is 1.20. The van der Waals surface area contributed by atoms with E-state index in [1.54, 1.807) is 4.90 Å². The average molecular weight is 406 g/mol. The first-order valence-corrected chi connectivity index (χ1v) is 10.8. The van der Waals surface area contributed by atoms with Crippen LogP contribution in [0.2, 0.25) is 0 Å². The van der Waals surface area contributed by atoms with E-state index >= 15 is 0 Å². The van der Waals surface area contributed by atoms with Gasteiger partial charge in [-0.2, -0.15) is 0 Å². The minimum absolute atomic E-state index is 0.0299. The number of amides is 2. The van der Waals surface area contributed by atoms with E-state index in [4.69, 9.17) is 0 Å². The van der Waals surface area contributed by atoms with Gasteiger partial charge in [-0.1, -0.05) is 75.4 Å². The van der Waals surface area contributed by atoms with Crippen molar-refractivity contribution in [2.45, 2.75) is 63.7 Å². The number of hydrogen-bond acceptors (Lipinski definition) is 3. The highest BCUT2D eigenvalue weighted by molar-refractivity contribution is 5.97. The van der Waals surface area contributed by atoms with Crippen LogP contribution in [0.3, 0.4) is 0 Å². The van der Waals surface area contributed by atoms with E-state index in [0.717, 1.165) is 12.1 Å². The zero-order valence-corrected chi connectivity index (χ0v) is 18.0. The molecule has 2 fully saturated rings. The maximum atomic E-state index is 13.0. The quantitative estimate of drug-likeness (QED) is 0.804. The van der Waals surface area contributed by atoms with Crippen LogP contribution >= 0.6 is 0 Å². The Morgan fingerprint density at radius 1 is 1.00 bits per heavy atom. The van der Waals surface area contributed by atoms with Gasteiger partial charge in [0.1, 0.15) is 12.1 Å². The van der Waals surface area contributed by atoms with Crippen LogP contribution in [0, 0.1) is 0 Å². The Kier molecular flexibility index (Phi) is 5.65. The van der Waals surface area contributed by atoms with E-state index in [-0.39, 0.29) is 29.3 Å². The summed E-state index contributed by atoms with van der Waals surface area (Å²) in [6.45, 7) is 7.95. The van der Waals surface area contributed by atoms with Gasteiger partial charge in [0.15, 0.2) is 0 Å². The van der Waals surface area contributed by atoms with E-state index in [1.165, 1.54) is 11.1 Å². The molecule has 0 spiro atoms. The number of rotatable bonds is 5. The summed E-state index contributed by atoms with van der Waals surface area (Å²) in [5.74, 6) is -0.00311. The van der Waals surface area contributed by atoms with Gasteiger partial charge in [0.25, 0.3) is 0 Å². The van der Waals surface area contributed by atoms with E-state index in [0.29, 0.717) is 19.4 Å². The Morgan fingerprint density at radius 2 is 1.70 bits per heavy atom. The Hall–Kier alpha value is -2.66. The second-order valence-corrected chi connectivity index (χ2v) is 9.52. The molecule has 0 unspecified atom stereocenters. The highest BCUT2D eigenvalue weighted by atomic mass is 16.2. The lowest BCUT2D eigenvalue weighted by atomic mass is 9.87. The molecule has 0 radical (unpaired) electrons. The standard InChI is InChI=1S/C25H31N3O2/c1-25(2,3)19-11-9-18(10-12-19)15-26-20-14-22-23(29)27-21(24(30)28(22)16-20)13-17-7-5-4-6-8-17/h4-12,20-22,26H,13-16H2,1-3H3,(H,27,29)/t20-,21+,22-/m0/s1. The fourth-order valence-corrected chi connectivity index (χ4v) is 4.38. The fourth-order valence-electron chi connectivity index (χ4n) is 4.38. The zero-order valence-electron chi connectivity index (χ0n) is 18.0. The van der Waals surface area contributed by atoms with Gasteiger partial charge in [-0.05, 0) is 28.5 Å². The maximum Gasteiger partial charge on any atom is 0.246 e. The van der Waals surface area contributed by atoms with Gasteiger partial charge in [-0.3, -0.25) is 9.59 Å². The molecule has 158 valence electrons. The average Bonchev–Trinajstić information content (AvgIpc) is 3.16. The number of carbonyl (C=O) groups excluding carboxylic acids is 2. The van der Waals surface area contributed by atoms with E-state index < -0.39 is 6.04 Å². The molecule has 2 saturated heterocycles. The van der Waals surface area contributed by atoms with Crippen molar-refractivity contribution < 1.29 is 9.59 Å². The van der Waals surface area contributed by atoms with E-state index in [1.807, 2.05) is 30.3 Å². The van der Waals surface area contributed by atoms with Gasteiger partial charge in [-0.25, -0.2) is 0 Å². The molecule has 3 atom stereocenters. The number of hydrogen-bond donors (Lipinski definition) is 2. The third-order valence-electron chi connectivity index (χ3n) is 6.20. The molecule has 5 nitrogen and oxygen atoms in total. The third-order valence-corrected chi connectivity index (χ3v) is 6.20. The molecule has 4 rings (SSSR count). The van der Waals surface area contributed by atoms with Crippen LogP contribution in [-0.4, -0.2) is 41.4 Å². The monoisotopic (exact) mass is 405 g/mol. The molecule has 2 aromatic rings. The van der Waals surface area contributed by atoms with Crippen molar-refractivity contribution in [3.05, 3.63) is 71.3 Å². The first-order chi connectivity index (χ1) is 14.3. The van der Waals surface area contributed by atoms with Gasteiger partial charge in [0.05, 0.1) is 0 Å². The van der Waals surface area contributed by atoms with E-state index in [2.05, 4.69) is 55.7 Å². The lowest BCUT2D eigenvalue weighted by Crippen LogP contribution is -2.61. The van der Waals surface area contributed by atoms with Crippen molar-refractivity contribution in [3.8, 4) is 0 Å². The molecule has 5 heteroatoms. The molecule has 0 bridgehead atoms. The smallest absolute Gasteiger partial charge is 0.246 e. The molecule has 0 aromatic heterocycles. The van der Waals surface area contributed by atoms with Gasteiger partial charge < -0.3 is 15.5 Å². The number of carbonyl (C=O) groups is 2. The Morgan fingerprint density at radius 3 is 2.37 bits per heavy atom. The molecule has 2 N–H and O–H groups in total. The van der Waals surface area contributed by atoms with E-state index in [9.17, 15) is 9.59 Å². The number of fused-ring (bicyclic) bond motifs is 1. The normalized spacial score (nSPS) is 24.0. The summed E-state index contributed by atoms with van der Waals surface area (Å²) in [7, 11) is 0. The van der Waals surface area contributed by atoms with Crippen LogP contribution in [-0.2, 0) is 28.0 Å². The summed E-state index contributed by atoms with van der Waals surface area (Å²) < 4.78 is 0. The lowest BCUT2D eigenvalue weighted by Gasteiger charge is -2.34. The summed E-state index contributed by atoms with van der Waals surface area (Å²) in [5, 5.41) is 6.49. The zero-order chi connectivity index (χ0) is 21.3. The van der Waals surface area contributed by atoms with Crippen molar-refractivity contribution in [1.82, 2.24) is 15.5 Å². The van der Waals surface area contributed by atoms with Crippen LogP contribution < -0.4 is 10.6 Å². The Balaban J connectivity index is 1.35. The summed E-state index contributed by atoms with van der Waals surface area (Å²) in [4.78, 5) is 27.4. The molecular formula is C25H31N3O2. The Labute approximate surface area is 178 Å². The topological polar surface area (TPSA) is 61.4 Å². The second kappa shape index (κ2) is 8.23. The number of piperazine rings is 1. The van der Waals surface area contributed by atoms with Crippen molar-refractivity contribution in [1.29, 1.82) is 0 Å². The molecule has 2 amide bonds. The van der Waals surface area contributed by atoms with Crippen molar-refractivity contribution in [2.24, 2.45) is 0 Å². The largest absolute Gasteiger partial charge is 0.342 e. The molecule has 0 aliphatic carbocycles. The van der Waals surface area contributed by atoms with Gasteiger partial charge >= 0.3 is 0 Å². The minimum atomic E-state index is -0.472. The first kappa shape index (κ1) is 20.6. The van der Waals surface area contributed by atoms with Gasteiger partial charge in [0, 0.05) is 25.6 Å². The fraction of sp³-hybridized carbons (Fsp3) is 0.440. The number of benzene rings is 2. The highest BCUT2D eigenvalue weighted by Gasteiger charge is 2.46. The van der Waals surface area contributed by atoms with Crippen molar-refractivity contribution >= 4 is 11.8 Å². The lowest BCUT2D eigenvalue weighted by molar-refractivity contribution is -0.147. The maximum absolute atomic E-state index is 13.0. The first-order valence-electron chi connectivity index (χ1n) is 10.8. The van der Waals surface area contributed by atoms with Crippen molar-refractivity contribution in [3.63, 3.8) is 0 Å². The van der Waals surface area contributed by atoms with Crippen LogP contribution in [0.5, 0.6) is 0 Å². The van der Waals surface area contributed by atoms with Crippen LogP contribution in [0.25, 0.3) is 0 Å². The summed E-state index contributed by atoms with van der Waals surface area (Å²) in [5.41, 5.74) is 3.73. The van der Waals surface area contributed by atoms with Gasteiger partial charge in [0.2, 0.25) is 11.8 Å². The molecular weight excluding hydrogens is 374 g/mol. The number of nitrogens with zero attached hydrogens (tertiary/aromatic N) is 1. The summed E-state index contributed by atoms with van der Waals surface area (Å²) >= 11 is 0. The predicted molar refractivity (Wildman–Crippen MR) is 118 cm³/mol. The molecule has 30 heavy (non-hydrogen) atoms. The molecule has 2 aliphatic rings. The minimum Gasteiger partial charge on any atom is -0.342 e. The molecule has 2 aromatic carbocycles. The molecule has 2 aliphatic heterocycles. The summed E-state index contributed by atoms with van der Waals surface area (Å²) in [6, 6.07) is 17.8. The third kappa shape index (κ3) is 4.41. The number of nitrogens with one attached hydrogen (secondary N) is 2. The second-order valence-electron chi connectivity index (χ2n) is 9.52. The highest BCUT2D eigenvalue weighted by Crippen LogP contribution is 2.25. The van der Waals surface area contributed by atoms with Crippen LogP contribution in [0.15, 0.2) is 54.6 Å². The van der Waals surface area contributed by atoms with Crippen molar-refractivity contribution in [2.75, 3.05) is 6.54 Å².